The maximum Gasteiger partial charge on any atom is 0.253 e. The summed E-state index contributed by atoms with van der Waals surface area (Å²) in [5.74, 6) is -1.64. The Balaban J connectivity index is 1.92. The van der Waals surface area contributed by atoms with Crippen LogP contribution in [-0.2, 0) is 0 Å². The van der Waals surface area contributed by atoms with Crippen LogP contribution in [0.1, 0.15) is 20.7 Å². The van der Waals surface area contributed by atoms with E-state index in [1.165, 1.54) is 53.4 Å². The highest BCUT2D eigenvalue weighted by atomic mass is 19.1. The van der Waals surface area contributed by atoms with Crippen molar-refractivity contribution in [1.82, 2.24) is 10.2 Å². The van der Waals surface area contributed by atoms with Gasteiger partial charge in [0.05, 0.1) is 6.61 Å². The standard InChI is InChI=1S/C18H18F2N2O3/c19-15-5-1-13(2-6-15)17(24)21-9-10-22(11-12-23)18(25)14-3-7-16(20)8-4-14/h1-8,23H,9-12H2,(H,21,24). The summed E-state index contributed by atoms with van der Waals surface area (Å²) in [6.45, 7) is 0.175. The van der Waals surface area contributed by atoms with Gasteiger partial charge in [0.25, 0.3) is 11.8 Å². The lowest BCUT2D eigenvalue weighted by molar-refractivity contribution is 0.0716. The Bertz CT molecular complexity index is 718. The summed E-state index contributed by atoms with van der Waals surface area (Å²) < 4.78 is 25.8. The number of hydrogen-bond acceptors (Lipinski definition) is 3. The average molecular weight is 348 g/mol. The molecule has 7 heteroatoms. The lowest BCUT2D eigenvalue weighted by Crippen LogP contribution is -2.40. The van der Waals surface area contributed by atoms with E-state index < -0.39 is 17.5 Å². The molecular weight excluding hydrogens is 330 g/mol. The molecule has 2 N–H and O–H groups in total. The number of halogens is 2. The van der Waals surface area contributed by atoms with Crippen molar-refractivity contribution in [2.45, 2.75) is 0 Å². The number of nitrogens with one attached hydrogen (secondary N) is 1. The van der Waals surface area contributed by atoms with Gasteiger partial charge in [0.1, 0.15) is 11.6 Å². The monoisotopic (exact) mass is 348 g/mol. The minimum atomic E-state index is -0.447. The van der Waals surface area contributed by atoms with E-state index in [0.29, 0.717) is 11.1 Å². The quantitative estimate of drug-likeness (QED) is 0.802. The van der Waals surface area contributed by atoms with E-state index in [0.717, 1.165) is 0 Å². The van der Waals surface area contributed by atoms with Crippen molar-refractivity contribution in [2.75, 3.05) is 26.2 Å². The average Bonchev–Trinajstić information content (AvgIpc) is 2.61. The predicted molar refractivity (Wildman–Crippen MR) is 88.1 cm³/mol. The van der Waals surface area contributed by atoms with Gasteiger partial charge in [-0.05, 0) is 48.5 Å². The largest absolute Gasteiger partial charge is 0.395 e. The molecule has 0 aliphatic rings. The Morgan fingerprint density at radius 1 is 0.880 bits per heavy atom. The predicted octanol–water partition coefficient (Wildman–Crippen LogP) is 1.83. The molecule has 0 spiro atoms. The van der Waals surface area contributed by atoms with Crippen LogP contribution in [0.5, 0.6) is 0 Å². The number of aliphatic hydroxyl groups is 1. The van der Waals surface area contributed by atoms with Crippen molar-refractivity contribution in [1.29, 1.82) is 0 Å². The third-order valence-electron chi connectivity index (χ3n) is 3.52. The van der Waals surface area contributed by atoms with Crippen LogP contribution in [0, 0.1) is 11.6 Å². The fourth-order valence-electron chi connectivity index (χ4n) is 2.22. The van der Waals surface area contributed by atoms with Gasteiger partial charge in [-0.2, -0.15) is 0 Å². The van der Waals surface area contributed by atoms with Crippen LogP contribution in [0.25, 0.3) is 0 Å². The topological polar surface area (TPSA) is 69.6 Å². The molecule has 0 saturated carbocycles. The van der Waals surface area contributed by atoms with Gasteiger partial charge in [-0.15, -0.1) is 0 Å². The molecule has 132 valence electrons. The summed E-state index contributed by atoms with van der Waals surface area (Å²) in [7, 11) is 0. The van der Waals surface area contributed by atoms with Gasteiger partial charge in [0, 0.05) is 30.8 Å². The summed E-state index contributed by atoms with van der Waals surface area (Å²) in [5, 5.41) is 11.7. The second-order valence-electron chi connectivity index (χ2n) is 5.29. The Hall–Kier alpha value is -2.80. The molecule has 0 aliphatic heterocycles. The molecule has 0 unspecified atom stereocenters. The molecule has 0 heterocycles. The Labute approximate surface area is 143 Å². The molecule has 0 saturated heterocycles. The number of hydrogen-bond donors (Lipinski definition) is 2. The van der Waals surface area contributed by atoms with Crippen LogP contribution in [0.2, 0.25) is 0 Å². The Morgan fingerprint density at radius 3 is 1.92 bits per heavy atom. The molecule has 2 amide bonds. The third-order valence-corrected chi connectivity index (χ3v) is 3.52. The first-order valence-electron chi connectivity index (χ1n) is 7.70. The van der Waals surface area contributed by atoms with Crippen LogP contribution < -0.4 is 5.32 Å². The van der Waals surface area contributed by atoms with Crippen LogP contribution in [0.15, 0.2) is 48.5 Å². The number of aliphatic hydroxyl groups excluding tert-OH is 1. The van der Waals surface area contributed by atoms with Crippen molar-refractivity contribution in [3.8, 4) is 0 Å². The number of benzene rings is 2. The van der Waals surface area contributed by atoms with Crippen molar-refractivity contribution in [3.63, 3.8) is 0 Å². The summed E-state index contributed by atoms with van der Waals surface area (Å²) in [6, 6.07) is 10.2. The summed E-state index contributed by atoms with van der Waals surface area (Å²) in [6.07, 6.45) is 0. The van der Waals surface area contributed by atoms with Crippen LogP contribution >= 0.6 is 0 Å². The number of rotatable bonds is 7. The zero-order valence-corrected chi connectivity index (χ0v) is 13.4. The van der Waals surface area contributed by atoms with E-state index in [-0.39, 0.29) is 32.1 Å². The fraction of sp³-hybridized carbons (Fsp3) is 0.222. The number of amides is 2. The smallest absolute Gasteiger partial charge is 0.253 e. The summed E-state index contributed by atoms with van der Waals surface area (Å²) in [4.78, 5) is 25.7. The number of carbonyl (C=O) groups is 2. The molecule has 2 aromatic carbocycles. The summed E-state index contributed by atoms with van der Waals surface area (Å²) in [5.41, 5.74) is 0.597. The van der Waals surface area contributed by atoms with E-state index in [1.54, 1.807) is 0 Å². The molecule has 0 bridgehead atoms. The lowest BCUT2D eigenvalue weighted by atomic mass is 10.2. The zero-order valence-electron chi connectivity index (χ0n) is 13.4. The first-order valence-corrected chi connectivity index (χ1v) is 7.70. The zero-order chi connectivity index (χ0) is 18.2. The number of carbonyl (C=O) groups excluding carboxylic acids is 2. The molecule has 0 fully saturated rings. The third kappa shape index (κ3) is 5.36. The van der Waals surface area contributed by atoms with Gasteiger partial charge >= 0.3 is 0 Å². The molecule has 0 radical (unpaired) electrons. The van der Waals surface area contributed by atoms with Crippen LogP contribution in [-0.4, -0.2) is 48.1 Å². The van der Waals surface area contributed by atoms with E-state index in [2.05, 4.69) is 5.32 Å². The van der Waals surface area contributed by atoms with Gasteiger partial charge in [-0.25, -0.2) is 8.78 Å². The Morgan fingerprint density at radius 2 is 1.40 bits per heavy atom. The second-order valence-corrected chi connectivity index (χ2v) is 5.29. The normalized spacial score (nSPS) is 10.4. The van der Waals surface area contributed by atoms with Crippen molar-refractivity contribution >= 4 is 11.8 Å². The molecule has 0 aliphatic carbocycles. The van der Waals surface area contributed by atoms with Crippen molar-refractivity contribution in [2.24, 2.45) is 0 Å². The second kappa shape index (κ2) is 8.89. The Kier molecular flexibility index (Phi) is 6.59. The number of nitrogens with zero attached hydrogens (tertiary/aromatic N) is 1. The van der Waals surface area contributed by atoms with E-state index >= 15 is 0 Å². The fourth-order valence-corrected chi connectivity index (χ4v) is 2.22. The molecule has 0 atom stereocenters. The molecule has 25 heavy (non-hydrogen) atoms. The van der Waals surface area contributed by atoms with E-state index in [4.69, 9.17) is 5.11 Å². The van der Waals surface area contributed by atoms with Crippen molar-refractivity contribution < 1.29 is 23.5 Å². The summed E-state index contributed by atoms with van der Waals surface area (Å²) >= 11 is 0. The van der Waals surface area contributed by atoms with Crippen molar-refractivity contribution in [3.05, 3.63) is 71.3 Å². The maximum atomic E-state index is 12.9. The molecular formula is C18H18F2N2O3. The van der Waals surface area contributed by atoms with E-state index in [9.17, 15) is 18.4 Å². The molecule has 5 nitrogen and oxygen atoms in total. The maximum absolute atomic E-state index is 12.9. The van der Waals surface area contributed by atoms with Crippen LogP contribution in [0.3, 0.4) is 0 Å². The van der Waals surface area contributed by atoms with Crippen LogP contribution in [0.4, 0.5) is 8.78 Å². The minimum Gasteiger partial charge on any atom is -0.395 e. The van der Waals surface area contributed by atoms with Gasteiger partial charge < -0.3 is 15.3 Å². The highest BCUT2D eigenvalue weighted by molar-refractivity contribution is 5.95. The lowest BCUT2D eigenvalue weighted by Gasteiger charge is -2.22. The van der Waals surface area contributed by atoms with Gasteiger partial charge in [-0.1, -0.05) is 0 Å². The molecule has 2 aromatic rings. The first-order chi connectivity index (χ1) is 12.0. The highest BCUT2D eigenvalue weighted by Crippen LogP contribution is 2.07. The first kappa shape index (κ1) is 18.5. The minimum absolute atomic E-state index is 0.0859. The van der Waals surface area contributed by atoms with E-state index in [1.807, 2.05) is 0 Å². The molecule has 0 aromatic heterocycles. The molecule has 2 rings (SSSR count). The SMILES string of the molecule is O=C(NCCN(CCO)C(=O)c1ccc(F)cc1)c1ccc(F)cc1. The van der Waals surface area contributed by atoms with Gasteiger partial charge in [0.2, 0.25) is 0 Å². The van der Waals surface area contributed by atoms with Gasteiger partial charge in [0.15, 0.2) is 0 Å². The highest BCUT2D eigenvalue weighted by Gasteiger charge is 2.15. The van der Waals surface area contributed by atoms with Gasteiger partial charge in [-0.3, -0.25) is 9.59 Å².